The molecule has 1 aromatic carbocycles. The van der Waals surface area contributed by atoms with E-state index in [4.69, 9.17) is 18.9 Å². The van der Waals surface area contributed by atoms with Crippen molar-refractivity contribution in [2.24, 2.45) is 17.8 Å². The predicted octanol–water partition coefficient (Wildman–Crippen LogP) is 4.54. The molecule has 3 fully saturated rings. The van der Waals surface area contributed by atoms with Crippen LogP contribution >= 0.6 is 0 Å². The molecule has 3 N–H and O–H groups in total. The smallest absolute Gasteiger partial charge is 0.427 e. The number of benzene rings is 1. The van der Waals surface area contributed by atoms with Crippen molar-refractivity contribution in [3.05, 3.63) is 42.6 Å². The number of hydrogen-bond donors (Lipinski definition) is 3. The van der Waals surface area contributed by atoms with Gasteiger partial charge in [-0.3, -0.25) is 19.1 Å². The maximum absolute atomic E-state index is 14.9. The number of methoxy groups -OCH3 is 2. The van der Waals surface area contributed by atoms with Gasteiger partial charge in [-0.05, 0) is 94.9 Å². The number of alkyl halides is 3. The lowest BCUT2D eigenvalue weighted by Gasteiger charge is -2.35. The van der Waals surface area contributed by atoms with E-state index in [0.29, 0.717) is 50.7 Å². The fourth-order valence-electron chi connectivity index (χ4n) is 7.74. The highest BCUT2D eigenvalue weighted by Gasteiger charge is 2.63. The summed E-state index contributed by atoms with van der Waals surface area (Å²) in [6.07, 6.45) is -0.134. The number of carbonyl (C=O) groups is 4. The molecule has 1 unspecified atom stereocenters. The number of ether oxygens (including phenoxy) is 4. The van der Waals surface area contributed by atoms with E-state index < -0.39 is 85.9 Å². The van der Waals surface area contributed by atoms with Crippen molar-refractivity contribution in [2.75, 3.05) is 27.4 Å². The van der Waals surface area contributed by atoms with Crippen molar-refractivity contribution >= 4 is 44.6 Å². The van der Waals surface area contributed by atoms with Gasteiger partial charge in [-0.15, -0.1) is 0 Å². The van der Waals surface area contributed by atoms with Crippen LogP contribution < -0.4 is 24.8 Å². The van der Waals surface area contributed by atoms with Crippen molar-refractivity contribution in [1.82, 2.24) is 25.2 Å². The summed E-state index contributed by atoms with van der Waals surface area (Å²) in [5.41, 5.74) is -4.58. The molecule has 4 amide bonds. The Morgan fingerprint density at radius 1 is 1.10 bits per heavy atom. The predicted molar refractivity (Wildman–Crippen MR) is 208 cm³/mol. The number of allylic oxidation sites excluding steroid dienone is 1. The molecule has 3 heterocycles. The first-order valence-corrected chi connectivity index (χ1v) is 21.1. The van der Waals surface area contributed by atoms with Gasteiger partial charge in [0.15, 0.2) is 0 Å². The number of halogens is 3. The van der Waals surface area contributed by atoms with Crippen LogP contribution in [-0.2, 0) is 33.9 Å². The number of sulfonamides is 1. The van der Waals surface area contributed by atoms with E-state index in [9.17, 15) is 40.8 Å². The van der Waals surface area contributed by atoms with Gasteiger partial charge >= 0.3 is 12.3 Å². The highest BCUT2D eigenvalue weighted by molar-refractivity contribution is 7.91. The second-order valence-corrected chi connectivity index (χ2v) is 19.1. The van der Waals surface area contributed by atoms with Gasteiger partial charge in [0.1, 0.15) is 29.5 Å². The Balaban J connectivity index is 1.38. The zero-order chi connectivity index (χ0) is 43.1. The molecule has 7 atom stereocenters. The van der Waals surface area contributed by atoms with Crippen LogP contribution in [0.15, 0.2) is 42.6 Å². The monoisotopic (exact) mass is 851 g/mol. The summed E-state index contributed by atoms with van der Waals surface area (Å²) in [5, 5.41) is 6.51. The quantitative estimate of drug-likeness (QED) is 0.285. The molecule has 2 aromatic rings. The highest BCUT2D eigenvalue weighted by atomic mass is 32.2. The Morgan fingerprint density at radius 3 is 2.49 bits per heavy atom. The normalized spacial score (nSPS) is 29.1. The third-order valence-corrected chi connectivity index (χ3v) is 14.1. The zero-order valence-electron chi connectivity index (χ0n) is 33.9. The van der Waals surface area contributed by atoms with Crippen molar-refractivity contribution in [2.45, 2.75) is 113 Å². The Bertz CT molecular complexity index is 2090. The molecule has 2 saturated carbocycles. The number of nitrogens with one attached hydrogen (secondary N) is 3. The number of alkyl carbamates (subject to hydrolysis) is 1. The van der Waals surface area contributed by atoms with Gasteiger partial charge in [0.05, 0.1) is 25.0 Å². The third kappa shape index (κ3) is 9.25. The molecule has 2 aliphatic carbocycles. The number of hydrogen-bond acceptors (Lipinski definition) is 11. The first-order valence-electron chi connectivity index (χ1n) is 19.6. The van der Waals surface area contributed by atoms with E-state index in [1.165, 1.54) is 32.2 Å². The number of aromatic nitrogens is 1. The number of nitrogens with zero attached hydrogens (tertiary/aromatic N) is 2. The molecule has 2 aliphatic heterocycles. The maximum atomic E-state index is 14.9. The number of fused-ring (bicyclic) bond motifs is 3. The fourth-order valence-corrected chi connectivity index (χ4v) is 9.06. The van der Waals surface area contributed by atoms with Crippen molar-refractivity contribution < 1.29 is 59.7 Å². The van der Waals surface area contributed by atoms with Crippen LogP contribution in [-0.4, -0.2) is 110 Å². The molecular weight excluding hydrogens is 800 g/mol. The van der Waals surface area contributed by atoms with Crippen LogP contribution in [0.1, 0.15) is 72.6 Å². The lowest BCUT2D eigenvalue weighted by molar-refractivity contribution is -0.244. The fraction of sp³-hybridized carbons (Fsp3) is 0.625. The SMILES string of the molecule is COC[C@@H]1C[C@H](C)CC/C=C\C2C[C@@]2(C(=O)NS(=O)(=O)C2(C)CC2)NC(=O)[C@@H]2C[C@@H](Oc3nccc4cc(OC)ccc34)CN2C(=O)[C@H]1NC(=O)OC(C)(C)C(F)(F)F. The van der Waals surface area contributed by atoms with Crippen LogP contribution in [0.25, 0.3) is 10.8 Å². The van der Waals surface area contributed by atoms with Gasteiger partial charge in [0.25, 0.3) is 5.91 Å². The average Bonchev–Trinajstić information content (AvgIpc) is 4.04. The van der Waals surface area contributed by atoms with Gasteiger partial charge in [-0.1, -0.05) is 19.1 Å². The highest BCUT2D eigenvalue weighted by Crippen LogP contribution is 2.48. The number of amides is 4. The van der Waals surface area contributed by atoms with E-state index in [1.54, 1.807) is 30.3 Å². The van der Waals surface area contributed by atoms with Crippen LogP contribution in [0.2, 0.25) is 0 Å². The number of rotatable bonds is 10. The van der Waals surface area contributed by atoms with Crippen LogP contribution in [0.5, 0.6) is 11.6 Å². The second kappa shape index (κ2) is 16.4. The zero-order valence-corrected chi connectivity index (χ0v) is 34.7. The summed E-state index contributed by atoms with van der Waals surface area (Å²) < 4.78 is 91.0. The van der Waals surface area contributed by atoms with Gasteiger partial charge < -0.3 is 34.5 Å². The third-order valence-electron chi connectivity index (χ3n) is 12.0. The van der Waals surface area contributed by atoms with Crippen LogP contribution in [0.4, 0.5) is 18.0 Å². The number of pyridine rings is 1. The minimum absolute atomic E-state index is 0.0910. The molecule has 59 heavy (non-hydrogen) atoms. The van der Waals surface area contributed by atoms with Gasteiger partial charge in [0.2, 0.25) is 33.3 Å². The molecule has 324 valence electrons. The minimum Gasteiger partial charge on any atom is -0.497 e. The molecule has 0 radical (unpaired) electrons. The summed E-state index contributed by atoms with van der Waals surface area (Å²) in [6, 6.07) is 4.09. The van der Waals surface area contributed by atoms with Crippen molar-refractivity contribution in [3.63, 3.8) is 0 Å². The average molecular weight is 852 g/mol. The van der Waals surface area contributed by atoms with Crippen molar-refractivity contribution in [3.8, 4) is 11.6 Å². The minimum atomic E-state index is -4.94. The lowest BCUT2D eigenvalue weighted by Crippen LogP contribution is -2.60. The Kier molecular flexibility index (Phi) is 12.2. The molecular formula is C40H52F3N5O10S. The first-order chi connectivity index (χ1) is 27.6. The molecule has 0 spiro atoms. The summed E-state index contributed by atoms with van der Waals surface area (Å²) in [5.74, 6) is -3.22. The summed E-state index contributed by atoms with van der Waals surface area (Å²) in [4.78, 5) is 62.3. The molecule has 1 saturated heterocycles. The number of carbonyl (C=O) groups excluding carboxylic acids is 4. The van der Waals surface area contributed by atoms with Crippen LogP contribution in [0, 0.1) is 17.8 Å². The second-order valence-electron chi connectivity index (χ2n) is 16.9. The Hall–Kier alpha value is -4.65. The van der Waals surface area contributed by atoms with Crippen molar-refractivity contribution in [1.29, 1.82) is 0 Å². The van der Waals surface area contributed by atoms with E-state index >= 15 is 0 Å². The molecule has 19 heteroatoms. The van der Waals surface area contributed by atoms with Crippen LogP contribution in [0.3, 0.4) is 0 Å². The molecule has 0 bridgehead atoms. The molecule has 15 nitrogen and oxygen atoms in total. The van der Waals surface area contributed by atoms with Gasteiger partial charge in [0, 0.05) is 36.9 Å². The molecule has 1 aromatic heterocycles. The summed E-state index contributed by atoms with van der Waals surface area (Å²) in [6.45, 7) is 4.48. The summed E-state index contributed by atoms with van der Waals surface area (Å²) in [7, 11) is -1.18. The maximum Gasteiger partial charge on any atom is 0.427 e. The Morgan fingerprint density at radius 2 is 1.83 bits per heavy atom. The van der Waals surface area contributed by atoms with Gasteiger partial charge in [-0.2, -0.15) is 13.2 Å². The van der Waals surface area contributed by atoms with E-state index in [0.717, 1.165) is 5.39 Å². The topological polar surface area (TPSA) is 192 Å². The standard InChI is InChI=1S/C40H52F3N5O10S/c1-23-9-7-8-10-26-20-39(26,35(51)47-59(53,54)38(4)14-15-38)46-32(49)30-19-28(57-33-29-12-11-27(56-6)18-24(29)13-16-44-33)21-48(30)34(50)31(25(17-23)22-55-5)45-36(52)58-37(2,3)40(41,42)43/h8,10-13,16,18,23,25-26,28,30-31H,7,9,14-15,17,19-22H2,1-6H3,(H,45,52)(H,46,49)(H,47,51)/b10-8-/t23-,25+,26?,28-,30+,31+,39-/m1/s1. The van der Waals surface area contributed by atoms with E-state index in [1.807, 2.05) is 13.0 Å². The summed E-state index contributed by atoms with van der Waals surface area (Å²) >= 11 is 0. The lowest BCUT2D eigenvalue weighted by atomic mass is 9.87. The first kappa shape index (κ1) is 43.9. The molecule has 4 aliphatic rings. The molecule has 6 rings (SSSR count). The van der Waals surface area contributed by atoms with E-state index in [-0.39, 0.29) is 44.2 Å². The Labute approximate surface area is 341 Å². The van der Waals surface area contributed by atoms with Gasteiger partial charge in [-0.25, -0.2) is 18.2 Å². The largest absolute Gasteiger partial charge is 0.497 e. The van der Waals surface area contributed by atoms with E-state index in [2.05, 4.69) is 20.3 Å².